The van der Waals surface area contributed by atoms with Gasteiger partial charge in [0.05, 0.1) is 17.8 Å². The van der Waals surface area contributed by atoms with Crippen molar-refractivity contribution < 1.29 is 5.11 Å². The van der Waals surface area contributed by atoms with Gasteiger partial charge < -0.3 is 9.67 Å². The fourth-order valence-electron chi connectivity index (χ4n) is 3.53. The minimum atomic E-state index is -0.164. The Morgan fingerprint density at radius 1 is 1.12 bits per heavy atom. The van der Waals surface area contributed by atoms with Crippen molar-refractivity contribution >= 4 is 0 Å². The van der Waals surface area contributed by atoms with Crippen LogP contribution in [-0.4, -0.2) is 20.8 Å². The lowest BCUT2D eigenvalue weighted by molar-refractivity contribution is 0.0729. The predicted molar refractivity (Wildman–Crippen MR) is 67.1 cm³/mol. The molecule has 1 N–H and O–H groups in total. The summed E-state index contributed by atoms with van der Waals surface area (Å²) in [4.78, 5) is 4.71. The van der Waals surface area contributed by atoms with Crippen molar-refractivity contribution in [1.29, 1.82) is 0 Å². The van der Waals surface area contributed by atoms with E-state index >= 15 is 0 Å². The molecule has 3 heteroatoms. The molecule has 0 unspecified atom stereocenters. The fraction of sp³-hybridized carbons (Fsp3) is 0.786. The molecule has 3 nitrogen and oxygen atoms in total. The number of aromatic nitrogens is 2. The fourth-order valence-corrected chi connectivity index (χ4v) is 3.53. The molecule has 0 aromatic carbocycles. The minimum Gasteiger partial charge on any atom is -0.391 e. The van der Waals surface area contributed by atoms with Crippen LogP contribution in [0.25, 0.3) is 0 Å². The summed E-state index contributed by atoms with van der Waals surface area (Å²) in [6.45, 7) is 2.10. The summed E-state index contributed by atoms with van der Waals surface area (Å²) < 4.78 is 2.36. The number of fused-ring (bicyclic) bond motifs is 1. The molecule has 1 saturated carbocycles. The van der Waals surface area contributed by atoms with Crippen LogP contribution < -0.4 is 0 Å². The maximum absolute atomic E-state index is 10.2. The molecule has 1 aromatic heterocycles. The van der Waals surface area contributed by atoms with Gasteiger partial charge in [-0.25, -0.2) is 4.98 Å². The van der Waals surface area contributed by atoms with Crippen LogP contribution in [0.2, 0.25) is 0 Å². The number of rotatable bonds is 1. The lowest BCUT2D eigenvalue weighted by Gasteiger charge is -2.31. The van der Waals surface area contributed by atoms with E-state index in [0.29, 0.717) is 0 Å². The normalized spacial score (nSPS) is 29.1. The molecule has 0 radical (unpaired) electrons. The maximum Gasteiger partial charge on any atom is 0.106 e. The van der Waals surface area contributed by atoms with Crippen molar-refractivity contribution in [3.05, 3.63) is 17.2 Å². The van der Waals surface area contributed by atoms with Gasteiger partial charge in [-0.05, 0) is 45.4 Å². The molecule has 1 heterocycles. The number of aliphatic hydroxyl groups excluding tert-OH is 1. The molecule has 2 atom stereocenters. The van der Waals surface area contributed by atoms with E-state index in [-0.39, 0.29) is 12.1 Å². The van der Waals surface area contributed by atoms with Crippen LogP contribution in [0.3, 0.4) is 0 Å². The molecule has 1 fully saturated rings. The van der Waals surface area contributed by atoms with Crippen LogP contribution in [0.4, 0.5) is 0 Å². The van der Waals surface area contributed by atoms with Crippen LogP contribution >= 0.6 is 0 Å². The van der Waals surface area contributed by atoms with E-state index in [2.05, 4.69) is 11.5 Å². The topological polar surface area (TPSA) is 38.0 Å². The van der Waals surface area contributed by atoms with Gasteiger partial charge in [0.15, 0.2) is 0 Å². The molecule has 94 valence electrons. The van der Waals surface area contributed by atoms with E-state index in [4.69, 9.17) is 4.98 Å². The van der Waals surface area contributed by atoms with Crippen molar-refractivity contribution in [2.75, 3.05) is 0 Å². The van der Waals surface area contributed by atoms with Gasteiger partial charge in [-0.15, -0.1) is 0 Å². The standard InChI is InChI=1S/C14H22N2O/c1-10-15-11-6-2-3-7-12(11)16(10)13-8-4-5-9-14(13)17/h13-14,17H,2-9H2,1H3/t13-,14-/m1/s1. The Hall–Kier alpha value is -0.830. The molecule has 0 spiro atoms. The van der Waals surface area contributed by atoms with Crippen LogP contribution in [0.5, 0.6) is 0 Å². The second-order valence-electron chi connectivity index (χ2n) is 5.55. The van der Waals surface area contributed by atoms with Crippen molar-refractivity contribution in [1.82, 2.24) is 9.55 Å². The Kier molecular flexibility index (Phi) is 2.95. The Labute approximate surface area is 103 Å². The van der Waals surface area contributed by atoms with Gasteiger partial charge in [-0.1, -0.05) is 12.8 Å². The Bertz CT molecular complexity index is 411. The first kappa shape index (κ1) is 11.3. The Morgan fingerprint density at radius 3 is 2.71 bits per heavy atom. The van der Waals surface area contributed by atoms with E-state index in [0.717, 1.165) is 31.5 Å². The molecule has 0 saturated heterocycles. The molecule has 0 bridgehead atoms. The molecule has 17 heavy (non-hydrogen) atoms. The lowest BCUT2D eigenvalue weighted by Crippen LogP contribution is -2.29. The first-order valence-electron chi connectivity index (χ1n) is 7.02. The number of aliphatic hydroxyl groups is 1. The first-order valence-corrected chi connectivity index (χ1v) is 7.02. The quantitative estimate of drug-likeness (QED) is 0.811. The molecular formula is C14H22N2O. The Morgan fingerprint density at radius 2 is 1.88 bits per heavy atom. The highest BCUT2D eigenvalue weighted by Crippen LogP contribution is 2.33. The van der Waals surface area contributed by atoms with Gasteiger partial charge >= 0.3 is 0 Å². The second kappa shape index (κ2) is 4.45. The SMILES string of the molecule is Cc1nc2c(n1[C@@H]1CCCC[C@H]1O)CCCC2. The van der Waals surface area contributed by atoms with Gasteiger partial charge in [-0.2, -0.15) is 0 Å². The Balaban J connectivity index is 1.98. The molecule has 1 aromatic rings. The molecule has 2 aliphatic rings. The highest BCUT2D eigenvalue weighted by molar-refractivity contribution is 5.21. The van der Waals surface area contributed by atoms with Crippen molar-refractivity contribution in [2.45, 2.75) is 70.4 Å². The van der Waals surface area contributed by atoms with Gasteiger partial charge in [0.25, 0.3) is 0 Å². The van der Waals surface area contributed by atoms with Crippen LogP contribution in [0.15, 0.2) is 0 Å². The number of hydrogen-bond donors (Lipinski definition) is 1. The zero-order valence-corrected chi connectivity index (χ0v) is 10.7. The van der Waals surface area contributed by atoms with E-state index < -0.39 is 0 Å². The highest BCUT2D eigenvalue weighted by atomic mass is 16.3. The minimum absolute atomic E-state index is 0.164. The number of hydrogen-bond acceptors (Lipinski definition) is 2. The van der Waals surface area contributed by atoms with E-state index in [1.165, 1.54) is 37.1 Å². The monoisotopic (exact) mass is 234 g/mol. The summed E-state index contributed by atoms with van der Waals surface area (Å²) >= 11 is 0. The third kappa shape index (κ3) is 1.90. The van der Waals surface area contributed by atoms with Crippen LogP contribution in [-0.2, 0) is 12.8 Å². The number of imidazole rings is 1. The van der Waals surface area contributed by atoms with Gasteiger partial charge in [0.2, 0.25) is 0 Å². The molecule has 0 amide bonds. The van der Waals surface area contributed by atoms with Gasteiger partial charge in [0, 0.05) is 5.69 Å². The summed E-state index contributed by atoms with van der Waals surface area (Å²) in [5.74, 6) is 1.11. The molecular weight excluding hydrogens is 212 g/mol. The third-order valence-electron chi connectivity index (χ3n) is 4.37. The number of aryl methyl sites for hydroxylation is 2. The summed E-state index contributed by atoms with van der Waals surface area (Å²) in [6, 6.07) is 0.290. The van der Waals surface area contributed by atoms with Crippen molar-refractivity contribution in [3.63, 3.8) is 0 Å². The molecule has 3 rings (SSSR count). The zero-order valence-electron chi connectivity index (χ0n) is 10.7. The zero-order chi connectivity index (χ0) is 11.8. The summed E-state index contributed by atoms with van der Waals surface area (Å²) in [7, 11) is 0. The van der Waals surface area contributed by atoms with E-state index in [1.807, 2.05) is 0 Å². The number of nitrogens with zero attached hydrogens (tertiary/aromatic N) is 2. The average Bonchev–Trinajstić information content (AvgIpc) is 2.66. The molecule has 0 aliphatic heterocycles. The first-order chi connectivity index (χ1) is 8.27. The summed E-state index contributed by atoms with van der Waals surface area (Å²) in [5, 5.41) is 10.2. The van der Waals surface area contributed by atoms with Crippen LogP contribution in [0.1, 0.15) is 61.8 Å². The predicted octanol–water partition coefficient (Wildman–Crippen LogP) is 2.55. The smallest absolute Gasteiger partial charge is 0.106 e. The highest BCUT2D eigenvalue weighted by Gasteiger charge is 2.29. The summed E-state index contributed by atoms with van der Waals surface area (Å²) in [6.07, 6.45) is 9.16. The summed E-state index contributed by atoms with van der Waals surface area (Å²) in [5.41, 5.74) is 2.71. The third-order valence-corrected chi connectivity index (χ3v) is 4.37. The van der Waals surface area contributed by atoms with Crippen molar-refractivity contribution in [3.8, 4) is 0 Å². The largest absolute Gasteiger partial charge is 0.391 e. The molecule has 2 aliphatic carbocycles. The lowest BCUT2D eigenvalue weighted by atomic mass is 9.91. The average molecular weight is 234 g/mol. The second-order valence-corrected chi connectivity index (χ2v) is 5.55. The van der Waals surface area contributed by atoms with E-state index in [1.54, 1.807) is 0 Å². The van der Waals surface area contributed by atoms with E-state index in [9.17, 15) is 5.11 Å². The van der Waals surface area contributed by atoms with Crippen molar-refractivity contribution in [2.24, 2.45) is 0 Å². The maximum atomic E-state index is 10.2. The van der Waals surface area contributed by atoms with Crippen LogP contribution in [0, 0.1) is 6.92 Å². The van der Waals surface area contributed by atoms with Gasteiger partial charge in [0.1, 0.15) is 5.82 Å². The van der Waals surface area contributed by atoms with Gasteiger partial charge in [-0.3, -0.25) is 0 Å².